The van der Waals surface area contributed by atoms with E-state index in [-0.39, 0.29) is 5.41 Å². The molecule has 0 aliphatic heterocycles. The SMILES string of the molecule is COc1cc(NN)c(Br)cc1C(C)(C)C. The highest BCUT2D eigenvalue weighted by Gasteiger charge is 2.20. The van der Waals surface area contributed by atoms with E-state index in [4.69, 9.17) is 10.6 Å². The Hall–Kier alpha value is -0.740. The number of rotatable bonds is 2. The van der Waals surface area contributed by atoms with Crippen molar-refractivity contribution in [1.29, 1.82) is 0 Å². The van der Waals surface area contributed by atoms with Crippen molar-refractivity contribution in [2.75, 3.05) is 12.5 Å². The molecule has 0 bridgehead atoms. The van der Waals surface area contributed by atoms with Crippen molar-refractivity contribution < 1.29 is 4.74 Å². The lowest BCUT2D eigenvalue weighted by atomic mass is 9.86. The maximum atomic E-state index is 5.40. The summed E-state index contributed by atoms with van der Waals surface area (Å²) in [6, 6.07) is 3.93. The van der Waals surface area contributed by atoms with Gasteiger partial charge in [-0.05, 0) is 27.4 Å². The molecule has 0 heterocycles. The smallest absolute Gasteiger partial charge is 0.124 e. The number of nitrogen functional groups attached to an aromatic ring is 1. The third-order valence-corrected chi connectivity index (χ3v) is 2.91. The van der Waals surface area contributed by atoms with Crippen molar-refractivity contribution >= 4 is 21.6 Å². The minimum absolute atomic E-state index is 0.0427. The summed E-state index contributed by atoms with van der Waals surface area (Å²) in [5, 5.41) is 0. The van der Waals surface area contributed by atoms with Crippen LogP contribution in [0.5, 0.6) is 5.75 Å². The topological polar surface area (TPSA) is 47.3 Å². The van der Waals surface area contributed by atoms with Crippen LogP contribution in [0.2, 0.25) is 0 Å². The molecule has 0 atom stereocenters. The van der Waals surface area contributed by atoms with Crippen LogP contribution in [-0.4, -0.2) is 7.11 Å². The van der Waals surface area contributed by atoms with Crippen LogP contribution >= 0.6 is 15.9 Å². The van der Waals surface area contributed by atoms with Gasteiger partial charge >= 0.3 is 0 Å². The second-order valence-corrected chi connectivity index (χ2v) is 5.28. The molecule has 84 valence electrons. The lowest BCUT2D eigenvalue weighted by molar-refractivity contribution is 0.397. The average molecular weight is 273 g/mol. The standard InChI is InChI=1S/C11H17BrN2O/c1-11(2,3)7-5-8(12)9(14-13)6-10(7)15-4/h5-6,14H,13H2,1-4H3. The van der Waals surface area contributed by atoms with E-state index < -0.39 is 0 Å². The molecule has 1 aromatic rings. The number of hydrazine groups is 1. The molecule has 0 saturated heterocycles. The quantitative estimate of drug-likeness (QED) is 0.643. The lowest BCUT2D eigenvalue weighted by Gasteiger charge is -2.23. The summed E-state index contributed by atoms with van der Waals surface area (Å²) in [7, 11) is 1.67. The summed E-state index contributed by atoms with van der Waals surface area (Å²) in [6.07, 6.45) is 0. The number of anilines is 1. The molecule has 3 nitrogen and oxygen atoms in total. The Morgan fingerprint density at radius 2 is 1.93 bits per heavy atom. The van der Waals surface area contributed by atoms with Crippen molar-refractivity contribution in [3.63, 3.8) is 0 Å². The number of nitrogens with two attached hydrogens (primary N) is 1. The van der Waals surface area contributed by atoms with Crippen molar-refractivity contribution in [3.05, 3.63) is 22.2 Å². The van der Waals surface area contributed by atoms with E-state index in [1.807, 2.05) is 12.1 Å². The highest BCUT2D eigenvalue weighted by atomic mass is 79.9. The molecule has 0 radical (unpaired) electrons. The first-order chi connectivity index (χ1) is 6.90. The van der Waals surface area contributed by atoms with Gasteiger partial charge in [-0.25, -0.2) is 0 Å². The summed E-state index contributed by atoms with van der Waals surface area (Å²) in [5.74, 6) is 6.24. The van der Waals surface area contributed by atoms with E-state index in [1.54, 1.807) is 7.11 Å². The molecule has 4 heteroatoms. The normalized spacial score (nSPS) is 11.3. The molecule has 1 rings (SSSR count). The Morgan fingerprint density at radius 1 is 1.33 bits per heavy atom. The molecule has 3 N–H and O–H groups in total. The van der Waals surface area contributed by atoms with Crippen LogP contribution in [0.1, 0.15) is 26.3 Å². The maximum Gasteiger partial charge on any atom is 0.124 e. The Labute approximate surface area is 99.1 Å². The molecule has 0 fully saturated rings. The number of hydrogen-bond donors (Lipinski definition) is 2. The number of benzene rings is 1. The third kappa shape index (κ3) is 2.63. The fourth-order valence-corrected chi connectivity index (χ4v) is 1.88. The van der Waals surface area contributed by atoms with Crippen LogP contribution in [0, 0.1) is 0 Å². The van der Waals surface area contributed by atoms with E-state index in [1.165, 1.54) is 0 Å². The van der Waals surface area contributed by atoms with E-state index in [9.17, 15) is 0 Å². The van der Waals surface area contributed by atoms with Crippen LogP contribution in [-0.2, 0) is 5.41 Å². The second-order valence-electron chi connectivity index (χ2n) is 4.43. The molecule has 1 aromatic carbocycles. The van der Waals surface area contributed by atoms with Gasteiger partial charge in [-0.3, -0.25) is 5.84 Å². The third-order valence-electron chi connectivity index (χ3n) is 2.25. The number of ether oxygens (including phenoxy) is 1. The van der Waals surface area contributed by atoms with Crippen molar-refractivity contribution in [2.24, 2.45) is 5.84 Å². The van der Waals surface area contributed by atoms with Crippen molar-refractivity contribution in [3.8, 4) is 5.75 Å². The molecule has 0 saturated carbocycles. The van der Waals surface area contributed by atoms with Gasteiger partial charge in [0.2, 0.25) is 0 Å². The van der Waals surface area contributed by atoms with Gasteiger partial charge in [0.05, 0.1) is 12.8 Å². The molecule has 0 unspecified atom stereocenters. The van der Waals surface area contributed by atoms with E-state index in [0.717, 1.165) is 21.5 Å². The summed E-state index contributed by atoms with van der Waals surface area (Å²) >= 11 is 3.47. The van der Waals surface area contributed by atoms with E-state index in [2.05, 4.69) is 42.1 Å². The van der Waals surface area contributed by atoms with Crippen LogP contribution in [0.3, 0.4) is 0 Å². The Kier molecular flexibility index (Phi) is 3.62. The van der Waals surface area contributed by atoms with Gasteiger partial charge in [0, 0.05) is 16.1 Å². The van der Waals surface area contributed by atoms with Crippen LogP contribution in [0.4, 0.5) is 5.69 Å². The first kappa shape index (κ1) is 12.3. The zero-order chi connectivity index (χ0) is 11.6. The first-order valence-electron chi connectivity index (χ1n) is 4.74. The number of methoxy groups -OCH3 is 1. The van der Waals surface area contributed by atoms with E-state index in [0.29, 0.717) is 0 Å². The van der Waals surface area contributed by atoms with Crippen LogP contribution in [0.25, 0.3) is 0 Å². The summed E-state index contributed by atoms with van der Waals surface area (Å²) in [4.78, 5) is 0. The molecule has 15 heavy (non-hydrogen) atoms. The maximum absolute atomic E-state index is 5.40. The average Bonchev–Trinajstić information content (AvgIpc) is 2.16. The molecule has 0 spiro atoms. The molecule has 0 amide bonds. The molecular weight excluding hydrogens is 256 g/mol. The minimum atomic E-state index is 0.0427. The van der Waals surface area contributed by atoms with Gasteiger partial charge in [0.15, 0.2) is 0 Å². The van der Waals surface area contributed by atoms with Gasteiger partial charge in [-0.2, -0.15) is 0 Å². The van der Waals surface area contributed by atoms with Gasteiger partial charge in [-0.15, -0.1) is 0 Å². The van der Waals surface area contributed by atoms with Crippen molar-refractivity contribution in [1.82, 2.24) is 0 Å². The van der Waals surface area contributed by atoms with Gasteiger partial charge < -0.3 is 10.2 Å². The van der Waals surface area contributed by atoms with Gasteiger partial charge in [0.1, 0.15) is 5.75 Å². The predicted molar refractivity (Wildman–Crippen MR) is 67.2 cm³/mol. The largest absolute Gasteiger partial charge is 0.496 e. The van der Waals surface area contributed by atoms with Crippen LogP contribution in [0.15, 0.2) is 16.6 Å². The molecule has 0 aromatic heterocycles. The van der Waals surface area contributed by atoms with Crippen molar-refractivity contribution in [2.45, 2.75) is 26.2 Å². The summed E-state index contributed by atoms with van der Waals surface area (Å²) in [5.41, 5.74) is 4.63. The molecular formula is C11H17BrN2O. The monoisotopic (exact) mass is 272 g/mol. The predicted octanol–water partition coefficient (Wildman–Crippen LogP) is 3.04. The van der Waals surface area contributed by atoms with E-state index >= 15 is 0 Å². The fraction of sp³-hybridized carbons (Fsp3) is 0.455. The summed E-state index contributed by atoms with van der Waals surface area (Å²) < 4.78 is 6.29. The fourth-order valence-electron chi connectivity index (χ4n) is 1.42. The zero-order valence-corrected chi connectivity index (χ0v) is 11.1. The Bertz CT molecular complexity index is 358. The molecule has 0 aliphatic carbocycles. The van der Waals surface area contributed by atoms with Gasteiger partial charge in [-0.1, -0.05) is 20.8 Å². The number of hydrogen-bond acceptors (Lipinski definition) is 3. The summed E-state index contributed by atoms with van der Waals surface area (Å²) in [6.45, 7) is 6.44. The molecule has 0 aliphatic rings. The second kappa shape index (κ2) is 4.41. The highest BCUT2D eigenvalue weighted by Crippen LogP contribution is 2.37. The Morgan fingerprint density at radius 3 is 2.33 bits per heavy atom. The number of nitrogens with one attached hydrogen (secondary N) is 1. The minimum Gasteiger partial charge on any atom is -0.496 e. The Balaban J connectivity index is 3.34. The van der Waals surface area contributed by atoms with Crippen LogP contribution < -0.4 is 16.0 Å². The lowest BCUT2D eigenvalue weighted by Crippen LogP contribution is -2.14. The zero-order valence-electron chi connectivity index (χ0n) is 9.52. The first-order valence-corrected chi connectivity index (χ1v) is 5.54. The number of halogens is 1. The highest BCUT2D eigenvalue weighted by molar-refractivity contribution is 9.10. The van der Waals surface area contributed by atoms with Gasteiger partial charge in [0.25, 0.3) is 0 Å².